The third-order valence-corrected chi connectivity index (χ3v) is 7.74. The van der Waals surface area contributed by atoms with Crippen LogP contribution < -0.4 is 10.0 Å². The van der Waals surface area contributed by atoms with Crippen LogP contribution in [0.3, 0.4) is 0 Å². The fourth-order valence-corrected chi connectivity index (χ4v) is 5.20. The summed E-state index contributed by atoms with van der Waals surface area (Å²) in [6.45, 7) is 5.11. The molecule has 8 nitrogen and oxygen atoms in total. The molecule has 0 spiro atoms. The second-order valence-electron chi connectivity index (χ2n) is 9.66. The van der Waals surface area contributed by atoms with Gasteiger partial charge in [-0.2, -0.15) is 0 Å². The molecule has 0 aliphatic heterocycles. The van der Waals surface area contributed by atoms with Gasteiger partial charge in [0.25, 0.3) is 10.0 Å². The summed E-state index contributed by atoms with van der Waals surface area (Å²) in [5, 5.41) is 24.3. The van der Waals surface area contributed by atoms with Crippen LogP contribution in [0.5, 0.6) is 0 Å². The molecular formula is C28H31N3O5S. The van der Waals surface area contributed by atoms with Gasteiger partial charge in [-0.25, -0.2) is 13.2 Å². The number of anilines is 1. The summed E-state index contributed by atoms with van der Waals surface area (Å²) >= 11 is 0. The van der Waals surface area contributed by atoms with E-state index in [9.17, 15) is 23.4 Å². The maximum absolute atomic E-state index is 12.6. The summed E-state index contributed by atoms with van der Waals surface area (Å²) in [5.41, 5.74) is 1.91. The fourth-order valence-electron chi connectivity index (χ4n) is 4.13. The minimum atomic E-state index is -3.72. The lowest BCUT2D eigenvalue weighted by atomic mass is 9.99. The average molecular weight is 522 g/mol. The molecule has 194 valence electrons. The highest BCUT2D eigenvalue weighted by Gasteiger charge is 2.20. The molecule has 0 aliphatic carbocycles. The van der Waals surface area contributed by atoms with E-state index in [4.69, 9.17) is 0 Å². The summed E-state index contributed by atoms with van der Waals surface area (Å²) in [7, 11) is -3.72. The fraction of sp³-hybridized carbons (Fsp3) is 0.250. The minimum absolute atomic E-state index is 0.169. The Morgan fingerprint density at radius 3 is 2.49 bits per heavy atom. The van der Waals surface area contributed by atoms with Crippen LogP contribution in [0.25, 0.3) is 10.9 Å². The smallest absolute Gasteiger partial charge is 0.335 e. The molecule has 9 heteroatoms. The van der Waals surface area contributed by atoms with Crippen LogP contribution in [0, 0.1) is 0 Å². The Hall–Kier alpha value is -3.66. The average Bonchev–Trinajstić information content (AvgIpc) is 3.29. The van der Waals surface area contributed by atoms with Crippen LogP contribution in [0.4, 0.5) is 5.69 Å². The summed E-state index contributed by atoms with van der Waals surface area (Å²) in [4.78, 5) is 11.4. The van der Waals surface area contributed by atoms with Crippen molar-refractivity contribution < 1.29 is 23.4 Å². The van der Waals surface area contributed by atoms with E-state index in [1.165, 1.54) is 12.1 Å². The molecule has 0 saturated heterocycles. The molecule has 0 unspecified atom stereocenters. The third-order valence-electron chi connectivity index (χ3n) is 6.35. The summed E-state index contributed by atoms with van der Waals surface area (Å²) < 4.78 is 29.9. The zero-order chi connectivity index (χ0) is 26.6. The number of carbonyl (C=O) groups is 1. The molecule has 3 aromatic carbocycles. The van der Waals surface area contributed by atoms with Crippen molar-refractivity contribution in [1.82, 2.24) is 9.88 Å². The van der Waals surface area contributed by atoms with Gasteiger partial charge in [-0.05, 0) is 74.4 Å². The van der Waals surface area contributed by atoms with Gasteiger partial charge < -0.3 is 20.1 Å². The van der Waals surface area contributed by atoms with Gasteiger partial charge in [0.05, 0.1) is 16.6 Å². The molecule has 4 rings (SSSR count). The molecular weight excluding hydrogens is 490 g/mol. The summed E-state index contributed by atoms with van der Waals surface area (Å²) in [6.07, 6.45) is 1.88. The molecule has 0 amide bonds. The predicted octanol–water partition coefficient (Wildman–Crippen LogP) is 4.63. The number of aliphatic hydroxyl groups excluding tert-OH is 1. The van der Waals surface area contributed by atoms with E-state index in [1.54, 1.807) is 54.6 Å². The summed E-state index contributed by atoms with van der Waals surface area (Å²) in [6, 6.07) is 21.9. The van der Waals surface area contributed by atoms with Crippen LogP contribution in [0.2, 0.25) is 0 Å². The normalized spacial score (nSPS) is 12.9. The van der Waals surface area contributed by atoms with Crippen molar-refractivity contribution in [2.75, 3.05) is 11.3 Å². The molecule has 0 bridgehead atoms. The zero-order valence-electron chi connectivity index (χ0n) is 20.8. The van der Waals surface area contributed by atoms with Crippen LogP contribution in [0.15, 0.2) is 90.0 Å². The molecule has 0 saturated carbocycles. The van der Waals surface area contributed by atoms with Gasteiger partial charge in [-0.15, -0.1) is 0 Å². The Bertz CT molecular complexity index is 1500. The number of aromatic carboxylic acids is 1. The van der Waals surface area contributed by atoms with Gasteiger partial charge in [0.1, 0.15) is 0 Å². The second-order valence-corrected chi connectivity index (χ2v) is 11.3. The Balaban J connectivity index is 1.35. The number of nitrogens with zero attached hydrogens (tertiary/aromatic N) is 1. The number of aromatic nitrogens is 1. The SMILES string of the molecule is CC(C)(CCn1ccc2cc(C(=O)O)ccc21)NC[C@@H](O)c1cccc(NS(=O)(=O)c2ccccc2)c1. The number of hydrogen-bond acceptors (Lipinski definition) is 5. The van der Waals surface area contributed by atoms with Gasteiger partial charge >= 0.3 is 5.97 Å². The van der Waals surface area contributed by atoms with Crippen LogP contribution >= 0.6 is 0 Å². The van der Waals surface area contributed by atoms with E-state index in [0.717, 1.165) is 17.3 Å². The van der Waals surface area contributed by atoms with E-state index in [1.807, 2.05) is 18.3 Å². The molecule has 1 aromatic heterocycles. The Labute approximate surface area is 216 Å². The monoisotopic (exact) mass is 521 g/mol. The van der Waals surface area contributed by atoms with Crippen molar-refractivity contribution in [3.8, 4) is 0 Å². The molecule has 4 aromatic rings. The lowest BCUT2D eigenvalue weighted by Gasteiger charge is -2.28. The topological polar surface area (TPSA) is 121 Å². The molecule has 37 heavy (non-hydrogen) atoms. The van der Waals surface area contributed by atoms with Crippen LogP contribution in [-0.4, -0.2) is 41.3 Å². The number of carboxylic acid groups (broad SMARTS) is 1. The van der Waals surface area contributed by atoms with Crippen molar-refractivity contribution >= 4 is 32.6 Å². The number of aliphatic hydroxyl groups is 1. The molecule has 1 atom stereocenters. The van der Waals surface area contributed by atoms with Crippen molar-refractivity contribution in [2.45, 2.75) is 43.4 Å². The Morgan fingerprint density at radius 1 is 1.00 bits per heavy atom. The van der Waals surface area contributed by atoms with E-state index < -0.39 is 22.1 Å². The van der Waals surface area contributed by atoms with E-state index in [2.05, 4.69) is 28.5 Å². The highest BCUT2D eigenvalue weighted by Crippen LogP contribution is 2.23. The number of carboxylic acids is 1. The number of benzene rings is 3. The quantitative estimate of drug-likeness (QED) is 0.228. The molecule has 0 fully saturated rings. The number of β-amino-alcohol motifs (C(OH)–C–C–N with tert-alkyl or cyclic N) is 1. The number of rotatable bonds is 11. The van der Waals surface area contributed by atoms with Crippen LogP contribution in [-0.2, 0) is 16.6 Å². The molecule has 0 aliphatic rings. The Morgan fingerprint density at radius 2 is 1.76 bits per heavy atom. The van der Waals surface area contributed by atoms with E-state index in [-0.39, 0.29) is 22.5 Å². The van der Waals surface area contributed by atoms with Gasteiger partial charge in [0.2, 0.25) is 0 Å². The van der Waals surface area contributed by atoms with Crippen LogP contribution in [0.1, 0.15) is 42.3 Å². The molecule has 0 radical (unpaired) electrons. The van der Waals surface area contributed by atoms with E-state index in [0.29, 0.717) is 17.8 Å². The standard InChI is InChI=1S/C28H31N3O5S/c1-28(2,14-16-31-15-13-20-17-22(27(33)34)11-12-25(20)31)29-19-26(32)21-7-6-8-23(18-21)30-37(35,36)24-9-4-3-5-10-24/h3-13,15,17-18,26,29-30,32H,14,16,19H2,1-2H3,(H,33,34)/t26-/m1/s1. The first-order chi connectivity index (χ1) is 17.5. The number of fused-ring (bicyclic) bond motifs is 1. The minimum Gasteiger partial charge on any atom is -0.478 e. The number of nitrogens with one attached hydrogen (secondary N) is 2. The van der Waals surface area contributed by atoms with Gasteiger partial charge in [-0.1, -0.05) is 30.3 Å². The second kappa shape index (κ2) is 10.8. The highest BCUT2D eigenvalue weighted by molar-refractivity contribution is 7.92. The van der Waals surface area contributed by atoms with Crippen molar-refractivity contribution in [3.63, 3.8) is 0 Å². The number of aryl methyl sites for hydroxylation is 1. The first kappa shape index (κ1) is 26.4. The number of hydrogen-bond donors (Lipinski definition) is 4. The lowest BCUT2D eigenvalue weighted by Crippen LogP contribution is -2.42. The van der Waals surface area contributed by atoms with Gasteiger partial charge in [-0.3, -0.25) is 4.72 Å². The van der Waals surface area contributed by atoms with Crippen molar-refractivity contribution in [2.24, 2.45) is 0 Å². The first-order valence-corrected chi connectivity index (χ1v) is 13.5. The number of sulfonamides is 1. The first-order valence-electron chi connectivity index (χ1n) is 12.0. The van der Waals surface area contributed by atoms with Gasteiger partial charge in [0, 0.05) is 41.4 Å². The molecule has 4 N–H and O–H groups in total. The maximum atomic E-state index is 12.6. The third kappa shape index (κ3) is 6.56. The largest absolute Gasteiger partial charge is 0.478 e. The molecule has 1 heterocycles. The van der Waals surface area contributed by atoms with Gasteiger partial charge in [0.15, 0.2) is 0 Å². The van der Waals surface area contributed by atoms with Crippen molar-refractivity contribution in [1.29, 1.82) is 0 Å². The maximum Gasteiger partial charge on any atom is 0.335 e. The highest BCUT2D eigenvalue weighted by atomic mass is 32.2. The summed E-state index contributed by atoms with van der Waals surface area (Å²) in [5.74, 6) is -0.947. The Kier molecular flexibility index (Phi) is 7.68. The van der Waals surface area contributed by atoms with Crippen molar-refractivity contribution in [3.05, 3.63) is 96.2 Å². The lowest BCUT2D eigenvalue weighted by molar-refractivity contribution is 0.0697. The van der Waals surface area contributed by atoms with E-state index >= 15 is 0 Å². The zero-order valence-corrected chi connectivity index (χ0v) is 21.6. The predicted molar refractivity (Wildman–Crippen MR) is 144 cm³/mol.